The first-order valence-corrected chi connectivity index (χ1v) is 7.73. The summed E-state index contributed by atoms with van der Waals surface area (Å²) in [7, 11) is 3.40. The molecule has 0 saturated heterocycles. The highest BCUT2D eigenvalue weighted by atomic mass is 16.5. The maximum Gasteiger partial charge on any atom is 0.127 e. The fraction of sp³-hybridized carbons (Fsp3) is 0.588. The molecule has 0 bridgehead atoms. The average Bonchev–Trinajstić information content (AvgIpc) is 2.52. The molecule has 118 valence electrons. The molecule has 1 rings (SSSR count). The molecule has 4 nitrogen and oxygen atoms in total. The van der Waals surface area contributed by atoms with Crippen molar-refractivity contribution in [1.29, 1.82) is 0 Å². The molecule has 0 aliphatic rings. The van der Waals surface area contributed by atoms with Crippen LogP contribution in [0, 0.1) is 0 Å². The lowest BCUT2D eigenvalue weighted by molar-refractivity contribution is 0.202. The normalized spacial score (nSPS) is 11.0. The van der Waals surface area contributed by atoms with Gasteiger partial charge in [-0.05, 0) is 30.5 Å². The lowest BCUT2D eigenvalue weighted by Crippen LogP contribution is -2.08. The molecule has 1 aromatic rings. The van der Waals surface area contributed by atoms with Crippen molar-refractivity contribution in [2.45, 2.75) is 39.0 Å². The molecular formula is C17H28N2O2. The number of ether oxygens (including phenoxy) is 2. The summed E-state index contributed by atoms with van der Waals surface area (Å²) in [5.74, 6) is 0.840. The van der Waals surface area contributed by atoms with Crippen LogP contribution in [-0.2, 0) is 11.2 Å². The summed E-state index contributed by atoms with van der Waals surface area (Å²) in [6, 6.07) is 6.14. The summed E-state index contributed by atoms with van der Waals surface area (Å²) in [6.45, 7) is 3.86. The molecule has 21 heavy (non-hydrogen) atoms. The van der Waals surface area contributed by atoms with Crippen molar-refractivity contribution in [3.8, 4) is 5.75 Å². The molecular weight excluding hydrogens is 264 g/mol. The van der Waals surface area contributed by atoms with Gasteiger partial charge in [0, 0.05) is 19.2 Å². The Balaban J connectivity index is 2.50. The zero-order valence-corrected chi connectivity index (χ0v) is 13.5. The van der Waals surface area contributed by atoms with Crippen molar-refractivity contribution in [2.75, 3.05) is 27.4 Å². The van der Waals surface area contributed by atoms with Crippen LogP contribution in [0.25, 0.3) is 0 Å². The minimum atomic E-state index is 0.721. The first-order valence-electron chi connectivity index (χ1n) is 7.73. The Morgan fingerprint density at radius 2 is 2.05 bits per heavy atom. The smallest absolute Gasteiger partial charge is 0.127 e. The van der Waals surface area contributed by atoms with Gasteiger partial charge in [-0.1, -0.05) is 32.3 Å². The minimum absolute atomic E-state index is 0.721. The lowest BCUT2D eigenvalue weighted by Gasteiger charge is -2.07. The third kappa shape index (κ3) is 7.14. The highest BCUT2D eigenvalue weighted by molar-refractivity contribution is 5.83. The Bertz CT molecular complexity index is 419. The first-order chi connectivity index (χ1) is 10.3. The summed E-state index contributed by atoms with van der Waals surface area (Å²) in [5.41, 5.74) is 5.31. The molecule has 0 saturated carbocycles. The number of unbranched alkanes of at least 4 members (excludes halogenated alkanes) is 3. The number of hydrazone groups is 1. The quantitative estimate of drug-likeness (QED) is 0.386. The Kier molecular flexibility index (Phi) is 9.29. The summed E-state index contributed by atoms with van der Waals surface area (Å²) in [5, 5.41) is 4.28. The van der Waals surface area contributed by atoms with E-state index in [2.05, 4.69) is 29.6 Å². The van der Waals surface area contributed by atoms with Crippen LogP contribution >= 0.6 is 0 Å². The van der Waals surface area contributed by atoms with Crippen molar-refractivity contribution in [2.24, 2.45) is 5.10 Å². The van der Waals surface area contributed by atoms with Crippen molar-refractivity contribution in [3.63, 3.8) is 0 Å². The predicted molar refractivity (Wildman–Crippen MR) is 88.3 cm³/mol. The number of nitrogens with one attached hydrogen (secondary N) is 1. The Labute approximate surface area is 128 Å². The van der Waals surface area contributed by atoms with Crippen LogP contribution in [-0.4, -0.2) is 33.6 Å². The third-order valence-electron chi connectivity index (χ3n) is 3.33. The molecule has 0 unspecified atom stereocenters. The molecule has 0 radical (unpaired) electrons. The average molecular weight is 292 g/mol. The van der Waals surface area contributed by atoms with E-state index in [9.17, 15) is 0 Å². The number of methoxy groups -OCH3 is 2. The van der Waals surface area contributed by atoms with Gasteiger partial charge in [0.2, 0.25) is 0 Å². The lowest BCUT2D eigenvalue weighted by atomic mass is 10.1. The first kappa shape index (κ1) is 17.5. The third-order valence-corrected chi connectivity index (χ3v) is 3.33. The van der Waals surface area contributed by atoms with Crippen molar-refractivity contribution in [3.05, 3.63) is 29.3 Å². The summed E-state index contributed by atoms with van der Waals surface area (Å²) >= 11 is 0. The van der Waals surface area contributed by atoms with Crippen LogP contribution in [0.5, 0.6) is 5.75 Å². The molecule has 0 heterocycles. The van der Waals surface area contributed by atoms with E-state index in [0.717, 1.165) is 37.3 Å². The molecule has 0 spiro atoms. The maximum atomic E-state index is 5.36. The van der Waals surface area contributed by atoms with E-state index in [-0.39, 0.29) is 0 Å². The van der Waals surface area contributed by atoms with Gasteiger partial charge in [0.15, 0.2) is 0 Å². The molecule has 1 aromatic carbocycles. The molecule has 1 N–H and O–H groups in total. The van der Waals surface area contributed by atoms with Crippen LogP contribution in [0.4, 0.5) is 0 Å². The van der Waals surface area contributed by atoms with E-state index < -0.39 is 0 Å². The van der Waals surface area contributed by atoms with E-state index in [0.29, 0.717) is 0 Å². The van der Waals surface area contributed by atoms with E-state index in [4.69, 9.17) is 9.47 Å². The zero-order valence-electron chi connectivity index (χ0n) is 13.5. The van der Waals surface area contributed by atoms with Gasteiger partial charge < -0.3 is 14.9 Å². The van der Waals surface area contributed by atoms with Gasteiger partial charge in [0.25, 0.3) is 0 Å². The van der Waals surface area contributed by atoms with Crippen molar-refractivity contribution in [1.82, 2.24) is 5.43 Å². The highest BCUT2D eigenvalue weighted by Gasteiger charge is 2.02. The highest BCUT2D eigenvalue weighted by Crippen LogP contribution is 2.18. The summed E-state index contributed by atoms with van der Waals surface area (Å²) in [4.78, 5) is 0. The molecule has 0 aliphatic heterocycles. The van der Waals surface area contributed by atoms with Crippen molar-refractivity contribution >= 4 is 6.21 Å². The monoisotopic (exact) mass is 292 g/mol. The van der Waals surface area contributed by atoms with Crippen LogP contribution in [0.2, 0.25) is 0 Å². The van der Waals surface area contributed by atoms with E-state index in [1.54, 1.807) is 14.2 Å². The molecule has 4 heteroatoms. The SMILES string of the molecule is CCCCCCN/N=C/c1cc(CCOC)ccc1OC. The van der Waals surface area contributed by atoms with Gasteiger partial charge in [-0.25, -0.2) is 0 Å². The van der Waals surface area contributed by atoms with Gasteiger partial charge in [0.05, 0.1) is 19.9 Å². The van der Waals surface area contributed by atoms with Crippen LogP contribution in [0.15, 0.2) is 23.3 Å². The summed E-state index contributed by atoms with van der Waals surface area (Å²) in [6.07, 6.45) is 7.70. The van der Waals surface area contributed by atoms with Gasteiger partial charge in [-0.2, -0.15) is 5.10 Å². The second-order valence-electron chi connectivity index (χ2n) is 5.05. The molecule has 0 fully saturated rings. The van der Waals surface area contributed by atoms with Gasteiger partial charge in [-0.15, -0.1) is 0 Å². The van der Waals surface area contributed by atoms with Crippen LogP contribution < -0.4 is 10.2 Å². The fourth-order valence-electron chi connectivity index (χ4n) is 2.07. The fourth-order valence-corrected chi connectivity index (χ4v) is 2.07. The number of benzene rings is 1. The van der Waals surface area contributed by atoms with Crippen LogP contribution in [0.3, 0.4) is 0 Å². The van der Waals surface area contributed by atoms with Gasteiger partial charge in [0.1, 0.15) is 5.75 Å². The standard InChI is InChI=1S/C17H28N2O2/c1-4-5-6-7-11-18-19-14-16-13-15(10-12-20-2)8-9-17(16)21-3/h8-9,13-14,18H,4-7,10-12H2,1-3H3/b19-14+. The molecule has 0 amide bonds. The molecule has 0 atom stereocenters. The molecule has 0 aromatic heterocycles. The minimum Gasteiger partial charge on any atom is -0.496 e. The zero-order chi connectivity index (χ0) is 15.3. The van der Waals surface area contributed by atoms with E-state index >= 15 is 0 Å². The number of hydrogen-bond acceptors (Lipinski definition) is 4. The number of hydrogen-bond donors (Lipinski definition) is 1. The van der Waals surface area contributed by atoms with Crippen molar-refractivity contribution < 1.29 is 9.47 Å². The second kappa shape index (κ2) is 11.1. The van der Waals surface area contributed by atoms with Gasteiger partial charge >= 0.3 is 0 Å². The van der Waals surface area contributed by atoms with E-state index in [1.165, 1.54) is 24.8 Å². The van der Waals surface area contributed by atoms with Gasteiger partial charge in [-0.3, -0.25) is 0 Å². The maximum absolute atomic E-state index is 5.36. The number of rotatable bonds is 11. The van der Waals surface area contributed by atoms with E-state index in [1.807, 2.05) is 12.3 Å². The van der Waals surface area contributed by atoms with Crippen LogP contribution in [0.1, 0.15) is 43.7 Å². The topological polar surface area (TPSA) is 42.9 Å². The predicted octanol–water partition coefficient (Wildman–Crippen LogP) is 3.39. The Hall–Kier alpha value is -1.55. The second-order valence-corrected chi connectivity index (χ2v) is 5.05. The largest absolute Gasteiger partial charge is 0.496 e. The summed E-state index contributed by atoms with van der Waals surface area (Å²) < 4.78 is 10.5. The molecule has 0 aliphatic carbocycles. The Morgan fingerprint density at radius 1 is 1.19 bits per heavy atom. The Morgan fingerprint density at radius 3 is 2.76 bits per heavy atom. The number of nitrogens with zero attached hydrogens (tertiary/aromatic N) is 1.